The number of hydrogen-bond acceptors (Lipinski definition) is 8. The maximum atomic E-state index is 12.6. The van der Waals surface area contributed by atoms with Crippen LogP contribution in [0.2, 0.25) is 5.02 Å². The van der Waals surface area contributed by atoms with E-state index in [1.807, 2.05) is 12.1 Å². The lowest BCUT2D eigenvalue weighted by molar-refractivity contribution is -0.113. The van der Waals surface area contributed by atoms with Gasteiger partial charge < -0.3 is 14.5 Å². The standard InChI is InChI=1S/C22H22ClN3O4S2/c1-2-29-21(28)18-14-9-4-3-5-11-16(14)32-20(18)24-17(27)12-31-22-26-25-19(30-22)13-8-6-7-10-15(13)23/h6-8,10H,2-5,9,11-12H2,1H3,(H,24,27). The van der Waals surface area contributed by atoms with Crippen molar-refractivity contribution in [2.75, 3.05) is 17.7 Å². The van der Waals surface area contributed by atoms with Gasteiger partial charge in [0.15, 0.2) is 0 Å². The highest BCUT2D eigenvalue weighted by molar-refractivity contribution is 7.99. The van der Waals surface area contributed by atoms with Crippen LogP contribution in [-0.2, 0) is 22.4 Å². The lowest BCUT2D eigenvalue weighted by Crippen LogP contribution is -2.16. The zero-order chi connectivity index (χ0) is 22.5. The van der Waals surface area contributed by atoms with Crippen molar-refractivity contribution in [2.45, 2.75) is 44.3 Å². The van der Waals surface area contributed by atoms with Crippen LogP contribution in [0.1, 0.15) is 47.0 Å². The molecule has 0 bridgehead atoms. The molecule has 1 aliphatic rings. The number of anilines is 1. The summed E-state index contributed by atoms with van der Waals surface area (Å²) in [5.41, 5.74) is 2.17. The summed E-state index contributed by atoms with van der Waals surface area (Å²) in [6, 6.07) is 7.17. The van der Waals surface area contributed by atoms with Crippen LogP contribution in [-0.4, -0.2) is 34.4 Å². The first-order valence-corrected chi connectivity index (χ1v) is 12.6. The predicted molar refractivity (Wildman–Crippen MR) is 126 cm³/mol. The molecular formula is C22H22ClN3O4S2. The fourth-order valence-corrected chi connectivity index (χ4v) is 5.62. The molecule has 0 saturated carbocycles. The molecular weight excluding hydrogens is 470 g/mol. The highest BCUT2D eigenvalue weighted by atomic mass is 35.5. The van der Waals surface area contributed by atoms with Crippen LogP contribution in [0.15, 0.2) is 33.9 Å². The summed E-state index contributed by atoms with van der Waals surface area (Å²) in [5.74, 6) is -0.273. The highest BCUT2D eigenvalue weighted by Crippen LogP contribution is 2.38. The molecule has 0 fully saturated rings. The van der Waals surface area contributed by atoms with Gasteiger partial charge in [-0.3, -0.25) is 4.79 Å². The monoisotopic (exact) mass is 491 g/mol. The molecule has 1 amide bonds. The number of thiophene rings is 1. The summed E-state index contributed by atoms with van der Waals surface area (Å²) >= 11 is 8.77. The number of aryl methyl sites for hydroxylation is 1. The molecule has 10 heteroatoms. The zero-order valence-corrected chi connectivity index (χ0v) is 19.9. The van der Waals surface area contributed by atoms with Gasteiger partial charge in [0, 0.05) is 4.88 Å². The van der Waals surface area contributed by atoms with E-state index in [2.05, 4.69) is 15.5 Å². The third-order valence-corrected chi connectivity index (χ3v) is 7.35. The molecule has 3 aromatic rings. The Morgan fingerprint density at radius 3 is 2.84 bits per heavy atom. The molecule has 0 spiro atoms. The van der Waals surface area contributed by atoms with Gasteiger partial charge in [0.05, 0.1) is 28.5 Å². The van der Waals surface area contributed by atoms with Crippen molar-refractivity contribution in [3.8, 4) is 11.5 Å². The lowest BCUT2D eigenvalue weighted by Gasteiger charge is -2.08. The molecule has 2 heterocycles. The summed E-state index contributed by atoms with van der Waals surface area (Å²) in [7, 11) is 0. The van der Waals surface area contributed by atoms with Gasteiger partial charge in [0.2, 0.25) is 11.8 Å². The molecule has 1 aliphatic carbocycles. The Balaban J connectivity index is 1.44. The molecule has 32 heavy (non-hydrogen) atoms. The summed E-state index contributed by atoms with van der Waals surface area (Å²) < 4.78 is 10.9. The third-order valence-electron chi connectivity index (χ3n) is 4.99. The molecule has 0 saturated heterocycles. The normalized spacial score (nSPS) is 13.3. The lowest BCUT2D eigenvalue weighted by atomic mass is 10.1. The number of ether oxygens (including phenoxy) is 1. The van der Waals surface area contributed by atoms with E-state index in [4.69, 9.17) is 20.8 Å². The van der Waals surface area contributed by atoms with E-state index in [9.17, 15) is 9.59 Å². The Morgan fingerprint density at radius 2 is 2.03 bits per heavy atom. The van der Waals surface area contributed by atoms with Crippen LogP contribution in [0.25, 0.3) is 11.5 Å². The largest absolute Gasteiger partial charge is 0.462 e. The van der Waals surface area contributed by atoms with E-state index >= 15 is 0 Å². The number of thioether (sulfide) groups is 1. The van der Waals surface area contributed by atoms with Crippen LogP contribution in [0.3, 0.4) is 0 Å². The van der Waals surface area contributed by atoms with Gasteiger partial charge in [-0.15, -0.1) is 21.5 Å². The Morgan fingerprint density at radius 1 is 1.22 bits per heavy atom. The first-order chi connectivity index (χ1) is 15.6. The van der Waals surface area contributed by atoms with E-state index in [1.165, 1.54) is 11.3 Å². The summed E-state index contributed by atoms with van der Waals surface area (Å²) in [4.78, 5) is 26.4. The summed E-state index contributed by atoms with van der Waals surface area (Å²) in [6.45, 7) is 2.07. The molecule has 168 valence electrons. The molecule has 4 rings (SSSR count). The number of carbonyl (C=O) groups excluding carboxylic acids is 2. The number of nitrogens with zero attached hydrogens (tertiary/aromatic N) is 2. The topological polar surface area (TPSA) is 94.3 Å². The van der Waals surface area contributed by atoms with Crippen LogP contribution >= 0.6 is 34.7 Å². The van der Waals surface area contributed by atoms with Gasteiger partial charge in [-0.05, 0) is 50.3 Å². The van der Waals surface area contributed by atoms with Crippen molar-refractivity contribution in [1.29, 1.82) is 0 Å². The third kappa shape index (κ3) is 5.16. The summed E-state index contributed by atoms with van der Waals surface area (Å²) in [5, 5.41) is 12.2. The second-order valence-corrected chi connectivity index (χ2v) is 9.62. The number of hydrogen-bond donors (Lipinski definition) is 1. The maximum Gasteiger partial charge on any atom is 0.341 e. The van der Waals surface area contributed by atoms with Crippen molar-refractivity contribution in [2.24, 2.45) is 0 Å². The number of amides is 1. The van der Waals surface area contributed by atoms with E-state index in [0.717, 1.165) is 54.3 Å². The van der Waals surface area contributed by atoms with E-state index in [-0.39, 0.29) is 29.5 Å². The molecule has 0 unspecified atom stereocenters. The molecule has 7 nitrogen and oxygen atoms in total. The Labute approximate surface area is 198 Å². The average Bonchev–Trinajstić information content (AvgIpc) is 3.31. The summed E-state index contributed by atoms with van der Waals surface area (Å²) in [6.07, 6.45) is 5.01. The molecule has 1 N–H and O–H groups in total. The number of fused-ring (bicyclic) bond motifs is 1. The number of nitrogens with one attached hydrogen (secondary N) is 1. The zero-order valence-electron chi connectivity index (χ0n) is 17.5. The van der Waals surface area contributed by atoms with Crippen LogP contribution in [0.5, 0.6) is 0 Å². The van der Waals surface area contributed by atoms with E-state index < -0.39 is 0 Å². The highest BCUT2D eigenvalue weighted by Gasteiger charge is 2.26. The SMILES string of the molecule is CCOC(=O)c1c(NC(=O)CSc2nnc(-c3ccccc3Cl)o2)sc2c1CCCCC2. The van der Waals surface area contributed by atoms with Crippen molar-refractivity contribution < 1.29 is 18.7 Å². The predicted octanol–water partition coefficient (Wildman–Crippen LogP) is 5.63. The maximum absolute atomic E-state index is 12.6. The van der Waals surface area contributed by atoms with Gasteiger partial charge in [-0.2, -0.15) is 0 Å². The van der Waals surface area contributed by atoms with Gasteiger partial charge in [-0.1, -0.05) is 41.9 Å². The molecule has 0 atom stereocenters. The minimum atomic E-state index is -0.379. The first-order valence-electron chi connectivity index (χ1n) is 10.4. The Bertz CT molecular complexity index is 1130. The fourth-order valence-electron chi connectivity index (χ4n) is 3.55. The minimum absolute atomic E-state index is 0.0645. The number of esters is 1. The Kier molecular flexibility index (Phi) is 7.49. The van der Waals surface area contributed by atoms with Crippen LogP contribution < -0.4 is 5.32 Å². The van der Waals surface area contributed by atoms with Crippen LogP contribution in [0, 0.1) is 0 Å². The number of rotatable bonds is 7. The van der Waals surface area contributed by atoms with Crippen molar-refractivity contribution in [3.05, 3.63) is 45.3 Å². The van der Waals surface area contributed by atoms with E-state index in [1.54, 1.807) is 19.1 Å². The quantitative estimate of drug-likeness (QED) is 0.260. The van der Waals surface area contributed by atoms with Crippen LogP contribution in [0.4, 0.5) is 5.00 Å². The number of carbonyl (C=O) groups is 2. The average molecular weight is 492 g/mol. The van der Waals surface area contributed by atoms with Gasteiger partial charge >= 0.3 is 5.97 Å². The number of benzene rings is 1. The number of aromatic nitrogens is 2. The van der Waals surface area contributed by atoms with Crippen molar-refractivity contribution >= 4 is 51.6 Å². The van der Waals surface area contributed by atoms with Gasteiger partial charge in [0.25, 0.3) is 5.22 Å². The molecule has 2 aromatic heterocycles. The fraction of sp³-hybridized carbons (Fsp3) is 0.364. The molecule has 0 radical (unpaired) electrons. The molecule has 1 aromatic carbocycles. The second-order valence-electron chi connectivity index (χ2n) is 7.18. The second kappa shape index (κ2) is 10.5. The van der Waals surface area contributed by atoms with Crippen molar-refractivity contribution in [3.63, 3.8) is 0 Å². The smallest absolute Gasteiger partial charge is 0.341 e. The van der Waals surface area contributed by atoms with E-state index in [0.29, 0.717) is 27.0 Å². The van der Waals surface area contributed by atoms with Gasteiger partial charge in [0.1, 0.15) is 5.00 Å². The minimum Gasteiger partial charge on any atom is -0.462 e. The van der Waals surface area contributed by atoms with Crippen molar-refractivity contribution in [1.82, 2.24) is 10.2 Å². The van der Waals surface area contributed by atoms with Gasteiger partial charge in [-0.25, -0.2) is 4.79 Å². The first kappa shape index (κ1) is 22.8. The Hall–Kier alpha value is -2.36. The number of halogens is 1. The molecule has 0 aliphatic heterocycles.